The lowest BCUT2D eigenvalue weighted by Gasteiger charge is -2.37. The van der Waals surface area contributed by atoms with Crippen molar-refractivity contribution in [1.29, 1.82) is 0 Å². The van der Waals surface area contributed by atoms with Crippen molar-refractivity contribution in [3.05, 3.63) is 22.6 Å². The Balaban J connectivity index is 2.02. The van der Waals surface area contributed by atoms with Crippen LogP contribution in [-0.4, -0.2) is 24.0 Å². The maximum Gasteiger partial charge on any atom is 0.169 e. The molecule has 1 saturated heterocycles. The second kappa shape index (κ2) is 5.55. The van der Waals surface area contributed by atoms with Gasteiger partial charge in [0.05, 0.1) is 6.04 Å². The van der Waals surface area contributed by atoms with Gasteiger partial charge >= 0.3 is 0 Å². The van der Waals surface area contributed by atoms with Crippen LogP contribution in [0.25, 0.3) is 0 Å². The second-order valence-corrected chi connectivity index (χ2v) is 5.86. The van der Waals surface area contributed by atoms with Crippen LogP contribution in [0, 0.1) is 5.92 Å². The molecule has 2 rings (SSSR count). The van der Waals surface area contributed by atoms with Crippen molar-refractivity contribution in [1.82, 2.24) is 4.90 Å². The fourth-order valence-corrected chi connectivity index (χ4v) is 2.87. The van der Waals surface area contributed by atoms with E-state index in [4.69, 9.17) is 10.2 Å². The molecular formula is C13H21BrN2O. The summed E-state index contributed by atoms with van der Waals surface area (Å²) in [5.41, 5.74) is 6.01. The normalized spacial score (nSPS) is 25.8. The Labute approximate surface area is 111 Å². The van der Waals surface area contributed by atoms with E-state index >= 15 is 0 Å². The van der Waals surface area contributed by atoms with E-state index in [2.05, 4.69) is 34.7 Å². The lowest BCUT2D eigenvalue weighted by Crippen LogP contribution is -2.43. The smallest absolute Gasteiger partial charge is 0.169 e. The average molecular weight is 301 g/mol. The SMILES string of the molecule is CC(N)C1CCCN(C(C)c2ccc(Br)o2)C1. The summed E-state index contributed by atoms with van der Waals surface area (Å²) in [5.74, 6) is 1.65. The van der Waals surface area contributed by atoms with E-state index in [1.165, 1.54) is 12.8 Å². The largest absolute Gasteiger partial charge is 0.453 e. The Hall–Kier alpha value is -0.320. The molecule has 3 unspecified atom stereocenters. The Morgan fingerprint density at radius 1 is 1.47 bits per heavy atom. The fourth-order valence-electron chi connectivity index (χ4n) is 2.55. The Kier molecular flexibility index (Phi) is 4.28. The highest BCUT2D eigenvalue weighted by Crippen LogP contribution is 2.29. The van der Waals surface area contributed by atoms with E-state index < -0.39 is 0 Å². The third kappa shape index (κ3) is 3.12. The Morgan fingerprint density at radius 2 is 2.24 bits per heavy atom. The van der Waals surface area contributed by atoms with Crippen molar-refractivity contribution in [3.8, 4) is 0 Å². The van der Waals surface area contributed by atoms with Gasteiger partial charge in [-0.3, -0.25) is 4.90 Å². The number of rotatable bonds is 3. The van der Waals surface area contributed by atoms with Crippen LogP contribution in [0.1, 0.15) is 38.5 Å². The quantitative estimate of drug-likeness (QED) is 0.932. The third-order valence-corrected chi connectivity index (χ3v) is 4.21. The van der Waals surface area contributed by atoms with Gasteiger partial charge in [0.25, 0.3) is 0 Å². The van der Waals surface area contributed by atoms with Crippen molar-refractivity contribution in [2.45, 2.75) is 38.8 Å². The molecule has 0 aromatic carbocycles. The van der Waals surface area contributed by atoms with E-state index in [1.807, 2.05) is 12.1 Å². The molecule has 1 aliphatic rings. The van der Waals surface area contributed by atoms with Crippen LogP contribution in [0.5, 0.6) is 0 Å². The number of nitrogens with two attached hydrogens (primary N) is 1. The number of hydrogen-bond acceptors (Lipinski definition) is 3. The first-order chi connectivity index (χ1) is 8.08. The molecule has 0 saturated carbocycles. The molecule has 3 atom stereocenters. The van der Waals surface area contributed by atoms with E-state index in [9.17, 15) is 0 Å². The summed E-state index contributed by atoms with van der Waals surface area (Å²) >= 11 is 3.35. The topological polar surface area (TPSA) is 42.4 Å². The van der Waals surface area contributed by atoms with E-state index in [1.54, 1.807) is 0 Å². The maximum atomic E-state index is 6.01. The lowest BCUT2D eigenvalue weighted by molar-refractivity contribution is 0.109. The van der Waals surface area contributed by atoms with Gasteiger partial charge in [-0.05, 0) is 67.2 Å². The molecule has 4 heteroatoms. The van der Waals surface area contributed by atoms with Crippen molar-refractivity contribution in [2.24, 2.45) is 11.7 Å². The minimum Gasteiger partial charge on any atom is -0.453 e. The van der Waals surface area contributed by atoms with Gasteiger partial charge in [0.2, 0.25) is 0 Å². The first kappa shape index (κ1) is 13.1. The molecule has 1 aromatic heterocycles. The minimum absolute atomic E-state index is 0.285. The zero-order chi connectivity index (χ0) is 12.4. The molecule has 2 heterocycles. The number of nitrogens with zero attached hydrogens (tertiary/aromatic N) is 1. The van der Waals surface area contributed by atoms with Crippen LogP contribution < -0.4 is 5.73 Å². The van der Waals surface area contributed by atoms with Crippen molar-refractivity contribution >= 4 is 15.9 Å². The van der Waals surface area contributed by atoms with Gasteiger partial charge in [0, 0.05) is 12.6 Å². The molecule has 0 aliphatic carbocycles. The number of furan rings is 1. The number of halogens is 1. The monoisotopic (exact) mass is 300 g/mol. The molecule has 0 bridgehead atoms. The molecule has 1 aromatic rings. The zero-order valence-electron chi connectivity index (χ0n) is 10.5. The van der Waals surface area contributed by atoms with Crippen LogP contribution in [0.2, 0.25) is 0 Å². The van der Waals surface area contributed by atoms with Crippen LogP contribution in [0.4, 0.5) is 0 Å². The summed E-state index contributed by atoms with van der Waals surface area (Å²) in [6.45, 7) is 6.54. The van der Waals surface area contributed by atoms with Crippen LogP contribution >= 0.6 is 15.9 Å². The summed E-state index contributed by atoms with van der Waals surface area (Å²) in [5, 5.41) is 0. The van der Waals surface area contributed by atoms with Gasteiger partial charge < -0.3 is 10.2 Å². The summed E-state index contributed by atoms with van der Waals surface area (Å²) in [6, 6.07) is 4.62. The van der Waals surface area contributed by atoms with E-state index in [-0.39, 0.29) is 6.04 Å². The summed E-state index contributed by atoms with van der Waals surface area (Å²) in [6.07, 6.45) is 2.49. The number of likely N-dealkylation sites (tertiary alicyclic amines) is 1. The minimum atomic E-state index is 0.285. The molecule has 1 aliphatic heterocycles. The second-order valence-electron chi connectivity index (χ2n) is 5.07. The Bertz CT molecular complexity index is 364. The molecule has 96 valence electrons. The molecule has 2 N–H and O–H groups in total. The highest BCUT2D eigenvalue weighted by Gasteiger charge is 2.27. The van der Waals surface area contributed by atoms with Gasteiger partial charge in [-0.25, -0.2) is 0 Å². The van der Waals surface area contributed by atoms with E-state index in [0.717, 1.165) is 23.5 Å². The van der Waals surface area contributed by atoms with Crippen molar-refractivity contribution < 1.29 is 4.42 Å². The molecule has 0 radical (unpaired) electrons. The van der Waals surface area contributed by atoms with E-state index in [0.29, 0.717) is 12.0 Å². The highest BCUT2D eigenvalue weighted by atomic mass is 79.9. The number of piperidine rings is 1. The maximum absolute atomic E-state index is 6.01. The Morgan fingerprint density at radius 3 is 2.82 bits per heavy atom. The summed E-state index contributed by atoms with van der Waals surface area (Å²) < 4.78 is 6.44. The highest BCUT2D eigenvalue weighted by molar-refractivity contribution is 9.10. The molecule has 0 amide bonds. The van der Waals surface area contributed by atoms with Crippen LogP contribution in [0.3, 0.4) is 0 Å². The van der Waals surface area contributed by atoms with Gasteiger partial charge in [-0.1, -0.05) is 0 Å². The number of hydrogen-bond donors (Lipinski definition) is 1. The van der Waals surface area contributed by atoms with Gasteiger partial charge in [0.1, 0.15) is 5.76 Å². The first-order valence-corrected chi connectivity index (χ1v) is 7.12. The molecule has 3 nitrogen and oxygen atoms in total. The molecular weight excluding hydrogens is 280 g/mol. The lowest BCUT2D eigenvalue weighted by atomic mass is 9.91. The van der Waals surface area contributed by atoms with Gasteiger partial charge in [-0.15, -0.1) is 0 Å². The van der Waals surface area contributed by atoms with Crippen molar-refractivity contribution in [2.75, 3.05) is 13.1 Å². The van der Waals surface area contributed by atoms with Crippen LogP contribution in [-0.2, 0) is 0 Å². The predicted octanol–water partition coefficient (Wildman–Crippen LogP) is 3.16. The van der Waals surface area contributed by atoms with Gasteiger partial charge in [0.15, 0.2) is 4.67 Å². The molecule has 1 fully saturated rings. The fraction of sp³-hybridized carbons (Fsp3) is 0.692. The summed E-state index contributed by atoms with van der Waals surface area (Å²) in [7, 11) is 0. The third-order valence-electron chi connectivity index (χ3n) is 3.79. The molecule has 0 spiro atoms. The molecule has 17 heavy (non-hydrogen) atoms. The van der Waals surface area contributed by atoms with Crippen LogP contribution in [0.15, 0.2) is 21.2 Å². The predicted molar refractivity (Wildman–Crippen MR) is 72.8 cm³/mol. The average Bonchev–Trinajstić information content (AvgIpc) is 2.75. The standard InChI is InChI=1S/C13H21BrN2O/c1-9(15)11-4-3-7-16(8-11)10(2)12-5-6-13(14)17-12/h5-6,9-11H,3-4,7-8,15H2,1-2H3. The van der Waals surface area contributed by atoms with Gasteiger partial charge in [-0.2, -0.15) is 0 Å². The summed E-state index contributed by atoms with van der Waals surface area (Å²) in [4.78, 5) is 2.48. The van der Waals surface area contributed by atoms with Crippen molar-refractivity contribution in [3.63, 3.8) is 0 Å². The first-order valence-electron chi connectivity index (χ1n) is 6.33. The zero-order valence-corrected chi connectivity index (χ0v) is 12.1.